The van der Waals surface area contributed by atoms with Crippen molar-refractivity contribution in [1.29, 1.82) is 0 Å². The molecule has 6 heteroatoms. The molecule has 0 fully saturated rings. The average molecular weight is 258 g/mol. The van der Waals surface area contributed by atoms with Crippen molar-refractivity contribution in [3.8, 4) is 5.88 Å². The molecule has 17 heavy (non-hydrogen) atoms. The fourth-order valence-electron chi connectivity index (χ4n) is 1.64. The fourth-order valence-corrected chi connectivity index (χ4v) is 1.91. The van der Waals surface area contributed by atoms with E-state index in [4.69, 9.17) is 16.3 Å². The van der Waals surface area contributed by atoms with Crippen molar-refractivity contribution in [3.05, 3.63) is 10.7 Å². The monoisotopic (exact) mass is 257 g/mol. The van der Waals surface area contributed by atoms with Crippen LogP contribution in [0.25, 0.3) is 0 Å². The molecule has 5 nitrogen and oxygen atoms in total. The Morgan fingerprint density at radius 3 is 3.12 bits per heavy atom. The molecule has 1 aromatic heterocycles. The normalized spacial score (nSPS) is 15.9. The summed E-state index contributed by atoms with van der Waals surface area (Å²) in [6.45, 7) is 5.32. The number of fused-ring (bicyclic) bond motifs is 1. The summed E-state index contributed by atoms with van der Waals surface area (Å²) in [5.74, 6) is 0.266. The number of halogens is 1. The average Bonchev–Trinajstić information content (AvgIpc) is 2.67. The van der Waals surface area contributed by atoms with Crippen molar-refractivity contribution in [3.63, 3.8) is 0 Å². The maximum atomic E-state index is 11.9. The van der Waals surface area contributed by atoms with Crippen LogP contribution in [0.2, 0.25) is 5.02 Å². The molecule has 0 radical (unpaired) electrons. The Morgan fingerprint density at radius 2 is 2.47 bits per heavy atom. The van der Waals surface area contributed by atoms with Crippen LogP contribution in [0.1, 0.15) is 37.2 Å². The third-order valence-corrected chi connectivity index (χ3v) is 3.15. The van der Waals surface area contributed by atoms with Crippen LogP contribution in [-0.2, 0) is 6.54 Å². The summed E-state index contributed by atoms with van der Waals surface area (Å²) in [6.07, 6.45) is 1.75. The highest BCUT2D eigenvalue weighted by Crippen LogP contribution is 2.30. The van der Waals surface area contributed by atoms with E-state index >= 15 is 0 Å². The lowest BCUT2D eigenvalue weighted by atomic mass is 10.2. The lowest BCUT2D eigenvalue weighted by Gasteiger charge is -2.14. The zero-order valence-corrected chi connectivity index (χ0v) is 10.8. The van der Waals surface area contributed by atoms with Gasteiger partial charge in [0.15, 0.2) is 5.69 Å². The van der Waals surface area contributed by atoms with Gasteiger partial charge in [0, 0.05) is 19.0 Å². The first-order valence-corrected chi connectivity index (χ1v) is 6.21. The van der Waals surface area contributed by atoms with E-state index in [0.717, 1.165) is 19.4 Å². The van der Waals surface area contributed by atoms with E-state index in [1.807, 2.05) is 13.8 Å². The molecular formula is C11H16ClN3O2. The minimum absolute atomic E-state index is 0.109. The van der Waals surface area contributed by atoms with E-state index < -0.39 is 0 Å². The molecule has 1 aromatic rings. The van der Waals surface area contributed by atoms with Crippen molar-refractivity contribution < 1.29 is 9.53 Å². The van der Waals surface area contributed by atoms with Crippen LogP contribution in [-0.4, -0.2) is 28.3 Å². The lowest BCUT2D eigenvalue weighted by molar-refractivity contribution is 0.0933. The second-order valence-corrected chi connectivity index (χ2v) is 4.55. The number of rotatable bonds is 3. The number of carbonyl (C=O) groups excluding carboxylic acids is 1. The van der Waals surface area contributed by atoms with Crippen LogP contribution in [0.3, 0.4) is 0 Å². The number of aryl methyl sites for hydroxylation is 1. The van der Waals surface area contributed by atoms with Gasteiger partial charge in [-0.25, -0.2) is 4.68 Å². The van der Waals surface area contributed by atoms with Crippen LogP contribution < -0.4 is 10.1 Å². The number of hydrogen-bond acceptors (Lipinski definition) is 3. The first-order chi connectivity index (χ1) is 8.13. The van der Waals surface area contributed by atoms with Crippen molar-refractivity contribution in [2.75, 3.05) is 6.61 Å². The zero-order valence-electron chi connectivity index (χ0n) is 9.99. The Hall–Kier alpha value is -1.23. The standard InChI is InChI=1S/C11H16ClN3O2/c1-3-7(2)13-10(16)9-8(12)11-15(14-9)5-4-6-17-11/h7H,3-6H2,1-2H3,(H,13,16). The van der Waals surface area contributed by atoms with E-state index in [2.05, 4.69) is 10.4 Å². The van der Waals surface area contributed by atoms with Crippen LogP contribution in [0.15, 0.2) is 0 Å². The summed E-state index contributed by atoms with van der Waals surface area (Å²) >= 11 is 6.09. The molecule has 0 spiro atoms. The summed E-state index contributed by atoms with van der Waals surface area (Å²) in [6, 6.07) is 0.109. The molecule has 0 aromatic carbocycles. The van der Waals surface area contributed by atoms with Gasteiger partial charge in [0.1, 0.15) is 5.02 Å². The maximum absolute atomic E-state index is 11.9. The predicted octanol–water partition coefficient (Wildman–Crippen LogP) is 1.85. The van der Waals surface area contributed by atoms with Gasteiger partial charge in [-0.15, -0.1) is 0 Å². The Labute approximate surface area is 105 Å². The number of nitrogens with zero attached hydrogens (tertiary/aromatic N) is 2. The molecule has 0 aliphatic carbocycles. The highest BCUT2D eigenvalue weighted by Gasteiger charge is 2.25. The van der Waals surface area contributed by atoms with Crippen molar-refractivity contribution >= 4 is 17.5 Å². The SMILES string of the molecule is CCC(C)NC(=O)c1nn2c(c1Cl)OCCC2. The molecule has 1 aliphatic rings. The van der Waals surface area contributed by atoms with Crippen LogP contribution >= 0.6 is 11.6 Å². The largest absolute Gasteiger partial charge is 0.477 e. The molecule has 1 amide bonds. The number of hydrogen-bond donors (Lipinski definition) is 1. The molecule has 0 saturated carbocycles. The quantitative estimate of drug-likeness (QED) is 0.899. The second-order valence-electron chi connectivity index (χ2n) is 4.18. The summed E-state index contributed by atoms with van der Waals surface area (Å²) in [4.78, 5) is 11.9. The molecule has 1 N–H and O–H groups in total. The third kappa shape index (κ3) is 2.39. The minimum Gasteiger partial charge on any atom is -0.477 e. The van der Waals surface area contributed by atoms with Gasteiger partial charge in [-0.1, -0.05) is 18.5 Å². The molecule has 0 saturated heterocycles. The molecule has 1 atom stereocenters. The van der Waals surface area contributed by atoms with Crippen molar-refractivity contribution in [2.45, 2.75) is 39.3 Å². The molecule has 0 bridgehead atoms. The molecule has 1 unspecified atom stereocenters. The van der Waals surface area contributed by atoms with E-state index in [-0.39, 0.29) is 17.6 Å². The van der Waals surface area contributed by atoms with E-state index in [9.17, 15) is 4.79 Å². The summed E-state index contributed by atoms with van der Waals surface area (Å²) in [5, 5.41) is 7.34. The van der Waals surface area contributed by atoms with Gasteiger partial charge in [0.2, 0.25) is 5.88 Å². The maximum Gasteiger partial charge on any atom is 0.273 e. The molecule has 2 rings (SSSR count). The number of amides is 1. The Kier molecular flexibility index (Phi) is 3.57. The Morgan fingerprint density at radius 1 is 1.71 bits per heavy atom. The fraction of sp³-hybridized carbons (Fsp3) is 0.636. The Bertz CT molecular complexity index is 431. The van der Waals surface area contributed by atoms with Crippen molar-refractivity contribution in [1.82, 2.24) is 15.1 Å². The minimum atomic E-state index is -0.241. The van der Waals surface area contributed by atoms with Gasteiger partial charge in [-0.2, -0.15) is 5.10 Å². The highest BCUT2D eigenvalue weighted by atomic mass is 35.5. The first-order valence-electron chi connectivity index (χ1n) is 5.83. The van der Waals surface area contributed by atoms with Gasteiger partial charge >= 0.3 is 0 Å². The van der Waals surface area contributed by atoms with Crippen LogP contribution in [0, 0.1) is 0 Å². The van der Waals surface area contributed by atoms with Gasteiger partial charge in [0.05, 0.1) is 6.61 Å². The van der Waals surface area contributed by atoms with Gasteiger partial charge < -0.3 is 10.1 Å². The highest BCUT2D eigenvalue weighted by molar-refractivity contribution is 6.34. The van der Waals surface area contributed by atoms with Gasteiger partial charge in [-0.05, 0) is 13.3 Å². The van der Waals surface area contributed by atoms with Crippen LogP contribution in [0.5, 0.6) is 5.88 Å². The molecule has 94 valence electrons. The van der Waals surface area contributed by atoms with Crippen LogP contribution in [0.4, 0.5) is 0 Å². The smallest absolute Gasteiger partial charge is 0.273 e. The lowest BCUT2D eigenvalue weighted by Crippen LogP contribution is -2.32. The van der Waals surface area contributed by atoms with Gasteiger partial charge in [-0.3, -0.25) is 4.79 Å². The number of ether oxygens (including phenoxy) is 1. The number of aromatic nitrogens is 2. The predicted molar refractivity (Wildman–Crippen MR) is 64.6 cm³/mol. The molecular weight excluding hydrogens is 242 g/mol. The van der Waals surface area contributed by atoms with Gasteiger partial charge in [0.25, 0.3) is 5.91 Å². The molecule has 2 heterocycles. The van der Waals surface area contributed by atoms with Crippen molar-refractivity contribution in [2.24, 2.45) is 0 Å². The number of carbonyl (C=O) groups is 1. The topological polar surface area (TPSA) is 56.2 Å². The summed E-state index contributed by atoms with van der Waals surface area (Å²) in [5.41, 5.74) is 0.254. The number of nitrogens with one attached hydrogen (secondary N) is 1. The van der Waals surface area contributed by atoms with E-state index in [0.29, 0.717) is 17.5 Å². The Balaban J connectivity index is 2.21. The third-order valence-electron chi connectivity index (χ3n) is 2.81. The summed E-state index contributed by atoms with van der Waals surface area (Å²) < 4.78 is 7.06. The van der Waals surface area contributed by atoms with E-state index in [1.165, 1.54) is 0 Å². The zero-order chi connectivity index (χ0) is 12.4. The van der Waals surface area contributed by atoms with E-state index in [1.54, 1.807) is 4.68 Å². The second kappa shape index (κ2) is 4.96. The summed E-state index contributed by atoms with van der Waals surface area (Å²) in [7, 11) is 0. The first kappa shape index (κ1) is 12.2. The molecule has 1 aliphatic heterocycles.